The van der Waals surface area contributed by atoms with Crippen molar-refractivity contribution in [3.8, 4) is 5.75 Å². The van der Waals surface area contributed by atoms with E-state index in [0.29, 0.717) is 11.6 Å². The molecule has 5 heteroatoms. The van der Waals surface area contributed by atoms with Crippen molar-refractivity contribution in [2.45, 2.75) is 6.61 Å². The first-order valence-electron chi connectivity index (χ1n) is 5.46. The Morgan fingerprint density at radius 2 is 1.89 bits per heavy atom. The van der Waals surface area contributed by atoms with Gasteiger partial charge in [0, 0.05) is 14.2 Å². The zero-order valence-corrected chi connectivity index (χ0v) is 12.7. The minimum atomic E-state index is -0.994. The van der Waals surface area contributed by atoms with Crippen LogP contribution >= 0.6 is 34.2 Å². The average molecular weight is 389 g/mol. The highest BCUT2D eigenvalue weighted by molar-refractivity contribution is 14.1. The zero-order chi connectivity index (χ0) is 13.8. The Morgan fingerprint density at radius 1 is 1.21 bits per heavy atom. The monoisotopic (exact) mass is 388 g/mol. The molecule has 0 aromatic heterocycles. The molecule has 19 heavy (non-hydrogen) atoms. The zero-order valence-electron chi connectivity index (χ0n) is 9.77. The van der Waals surface area contributed by atoms with Gasteiger partial charge in [-0.15, -0.1) is 0 Å². The van der Waals surface area contributed by atoms with E-state index in [1.165, 1.54) is 12.1 Å². The van der Waals surface area contributed by atoms with E-state index in [4.69, 9.17) is 21.4 Å². The van der Waals surface area contributed by atoms with Crippen LogP contribution in [0, 0.1) is 3.57 Å². The van der Waals surface area contributed by atoms with Gasteiger partial charge >= 0.3 is 5.97 Å². The molecule has 0 bridgehead atoms. The first-order chi connectivity index (χ1) is 9.06. The van der Waals surface area contributed by atoms with Gasteiger partial charge in [0.25, 0.3) is 0 Å². The molecule has 0 aliphatic carbocycles. The van der Waals surface area contributed by atoms with E-state index < -0.39 is 5.97 Å². The van der Waals surface area contributed by atoms with E-state index in [1.54, 1.807) is 6.07 Å². The van der Waals surface area contributed by atoms with Gasteiger partial charge in [0.15, 0.2) is 0 Å². The lowest BCUT2D eigenvalue weighted by Crippen LogP contribution is -2.00. The first-order valence-corrected chi connectivity index (χ1v) is 6.92. The molecule has 0 heterocycles. The minimum Gasteiger partial charge on any atom is -0.489 e. The second-order valence-corrected chi connectivity index (χ2v) is 5.51. The van der Waals surface area contributed by atoms with E-state index in [0.717, 1.165) is 14.9 Å². The Morgan fingerprint density at radius 3 is 2.47 bits per heavy atom. The largest absolute Gasteiger partial charge is 0.489 e. The predicted octanol–water partition coefficient (Wildman–Crippen LogP) is 4.22. The van der Waals surface area contributed by atoms with Crippen molar-refractivity contribution in [3.63, 3.8) is 0 Å². The van der Waals surface area contributed by atoms with Crippen LogP contribution in [-0.2, 0) is 6.61 Å². The lowest BCUT2D eigenvalue weighted by molar-refractivity contribution is 0.0697. The number of hydrogen-bond donors (Lipinski definition) is 1. The van der Waals surface area contributed by atoms with Gasteiger partial charge in [-0.3, -0.25) is 0 Å². The van der Waals surface area contributed by atoms with Crippen molar-refractivity contribution in [1.29, 1.82) is 0 Å². The molecule has 2 rings (SSSR count). The Hall–Kier alpha value is -1.27. The Labute approximate surface area is 129 Å². The standard InChI is InChI=1S/C14H10ClIO3/c15-13-7-9(14(17)18)1-2-10(13)8-19-12-5-3-11(16)4-6-12/h1-7H,8H2,(H,17,18). The minimum absolute atomic E-state index is 0.169. The lowest BCUT2D eigenvalue weighted by Gasteiger charge is -2.08. The number of hydrogen-bond acceptors (Lipinski definition) is 2. The number of rotatable bonds is 4. The predicted molar refractivity (Wildman–Crippen MR) is 81.9 cm³/mol. The van der Waals surface area contributed by atoms with Crippen LogP contribution in [0.2, 0.25) is 5.02 Å². The summed E-state index contributed by atoms with van der Waals surface area (Å²) in [6.07, 6.45) is 0. The van der Waals surface area contributed by atoms with Crippen LogP contribution in [0.3, 0.4) is 0 Å². The number of halogens is 2. The normalized spacial score (nSPS) is 10.2. The maximum absolute atomic E-state index is 10.8. The third-order valence-electron chi connectivity index (χ3n) is 2.51. The lowest BCUT2D eigenvalue weighted by atomic mass is 10.1. The van der Waals surface area contributed by atoms with Crippen LogP contribution in [0.25, 0.3) is 0 Å². The molecule has 0 fully saturated rings. The average Bonchev–Trinajstić information content (AvgIpc) is 2.39. The van der Waals surface area contributed by atoms with E-state index >= 15 is 0 Å². The number of ether oxygens (including phenoxy) is 1. The molecule has 98 valence electrons. The van der Waals surface area contributed by atoms with Gasteiger partial charge < -0.3 is 9.84 Å². The van der Waals surface area contributed by atoms with E-state index in [2.05, 4.69) is 22.6 Å². The van der Waals surface area contributed by atoms with E-state index in [-0.39, 0.29) is 5.56 Å². The molecule has 0 spiro atoms. The highest BCUT2D eigenvalue weighted by atomic mass is 127. The van der Waals surface area contributed by atoms with E-state index in [1.807, 2.05) is 24.3 Å². The molecule has 0 aliphatic heterocycles. The molecule has 0 saturated carbocycles. The smallest absolute Gasteiger partial charge is 0.335 e. The van der Waals surface area contributed by atoms with Crippen molar-refractivity contribution >= 4 is 40.2 Å². The van der Waals surface area contributed by atoms with E-state index in [9.17, 15) is 4.79 Å². The number of carboxylic acids is 1. The highest BCUT2D eigenvalue weighted by Gasteiger charge is 2.07. The van der Waals surface area contributed by atoms with Crippen molar-refractivity contribution in [3.05, 3.63) is 62.2 Å². The van der Waals surface area contributed by atoms with Gasteiger partial charge in [-0.25, -0.2) is 4.79 Å². The third kappa shape index (κ3) is 3.84. The fraction of sp³-hybridized carbons (Fsp3) is 0.0714. The number of carboxylic acid groups (broad SMARTS) is 1. The number of aromatic carboxylic acids is 1. The molecule has 0 saturated heterocycles. The summed E-state index contributed by atoms with van der Waals surface area (Å²) in [5, 5.41) is 9.24. The highest BCUT2D eigenvalue weighted by Crippen LogP contribution is 2.21. The van der Waals surface area contributed by atoms with Gasteiger partial charge in [-0.2, -0.15) is 0 Å². The van der Waals surface area contributed by atoms with Crippen molar-refractivity contribution in [2.24, 2.45) is 0 Å². The molecule has 0 amide bonds. The topological polar surface area (TPSA) is 46.5 Å². The van der Waals surface area contributed by atoms with Crippen molar-refractivity contribution in [1.82, 2.24) is 0 Å². The van der Waals surface area contributed by atoms with Crippen LogP contribution in [0.4, 0.5) is 0 Å². The summed E-state index contributed by atoms with van der Waals surface area (Å²) in [6.45, 7) is 0.305. The summed E-state index contributed by atoms with van der Waals surface area (Å²) >= 11 is 8.24. The second kappa shape index (κ2) is 6.25. The van der Waals surface area contributed by atoms with Crippen molar-refractivity contribution < 1.29 is 14.6 Å². The summed E-state index contributed by atoms with van der Waals surface area (Å²) in [5.74, 6) is -0.245. The summed E-state index contributed by atoms with van der Waals surface area (Å²) in [6, 6.07) is 12.3. The van der Waals surface area contributed by atoms with Gasteiger partial charge in [-0.05, 0) is 59.0 Å². The first kappa shape index (κ1) is 14.1. The third-order valence-corrected chi connectivity index (χ3v) is 3.58. The molecular formula is C14H10ClIO3. The Kier molecular flexibility index (Phi) is 4.66. The quantitative estimate of drug-likeness (QED) is 0.798. The molecule has 2 aromatic carbocycles. The summed E-state index contributed by atoms with van der Waals surface area (Å²) in [7, 11) is 0. The molecular weight excluding hydrogens is 379 g/mol. The molecule has 0 unspecified atom stereocenters. The number of carbonyl (C=O) groups is 1. The van der Waals surface area contributed by atoms with Gasteiger partial charge in [0.05, 0.1) is 5.56 Å². The molecule has 0 aliphatic rings. The van der Waals surface area contributed by atoms with Crippen LogP contribution in [0.1, 0.15) is 15.9 Å². The SMILES string of the molecule is O=C(O)c1ccc(COc2ccc(I)cc2)c(Cl)c1. The Balaban J connectivity index is 2.07. The fourth-order valence-electron chi connectivity index (χ4n) is 1.49. The Bertz CT molecular complexity index is 596. The van der Waals surface area contributed by atoms with Crippen molar-refractivity contribution in [2.75, 3.05) is 0 Å². The van der Waals surface area contributed by atoms with Gasteiger partial charge in [-0.1, -0.05) is 17.7 Å². The molecule has 3 nitrogen and oxygen atoms in total. The second-order valence-electron chi connectivity index (χ2n) is 3.85. The summed E-state index contributed by atoms with van der Waals surface area (Å²) < 4.78 is 6.73. The van der Waals surface area contributed by atoms with Crippen LogP contribution in [0.15, 0.2) is 42.5 Å². The number of benzene rings is 2. The molecule has 0 radical (unpaired) electrons. The maximum Gasteiger partial charge on any atom is 0.335 e. The van der Waals surface area contributed by atoms with Crippen LogP contribution < -0.4 is 4.74 Å². The maximum atomic E-state index is 10.8. The van der Waals surface area contributed by atoms with Gasteiger partial charge in [0.1, 0.15) is 12.4 Å². The molecule has 0 atom stereocenters. The molecule has 2 aromatic rings. The van der Waals surface area contributed by atoms with Crippen LogP contribution in [0.5, 0.6) is 5.75 Å². The fourth-order valence-corrected chi connectivity index (χ4v) is 2.08. The summed E-state index contributed by atoms with van der Waals surface area (Å²) in [5.41, 5.74) is 0.924. The summed E-state index contributed by atoms with van der Waals surface area (Å²) in [4.78, 5) is 10.8. The molecule has 1 N–H and O–H groups in total. The van der Waals surface area contributed by atoms with Crippen LogP contribution in [-0.4, -0.2) is 11.1 Å². The van der Waals surface area contributed by atoms with Gasteiger partial charge in [0.2, 0.25) is 0 Å².